The molecule has 0 saturated carbocycles. The molecule has 0 atom stereocenters. The zero-order valence-electron chi connectivity index (χ0n) is 16.3. The molecule has 148 valence electrons. The van der Waals surface area contributed by atoms with Gasteiger partial charge in [-0.25, -0.2) is 0 Å². The molecular weight excluding hydrogens is 354 g/mol. The predicted octanol–water partition coefficient (Wildman–Crippen LogP) is 2.02. The van der Waals surface area contributed by atoms with Gasteiger partial charge in [-0.1, -0.05) is 36.4 Å². The van der Waals surface area contributed by atoms with E-state index in [0.717, 1.165) is 19.6 Å². The smallest absolute Gasteiger partial charge is 0.253 e. The zero-order chi connectivity index (χ0) is 19.8. The largest absolute Gasteiger partial charge is 0.383 e. The van der Waals surface area contributed by atoms with Gasteiger partial charge < -0.3 is 15.0 Å². The van der Waals surface area contributed by atoms with Crippen LogP contribution in [0, 0.1) is 0 Å². The molecule has 0 spiro atoms. The van der Waals surface area contributed by atoms with Crippen molar-refractivity contribution >= 4 is 11.8 Å². The summed E-state index contributed by atoms with van der Waals surface area (Å²) in [5, 5.41) is 2.78. The fourth-order valence-electron chi connectivity index (χ4n) is 3.30. The molecule has 6 nitrogen and oxygen atoms in total. The van der Waals surface area contributed by atoms with Crippen LogP contribution in [0.15, 0.2) is 54.6 Å². The van der Waals surface area contributed by atoms with Crippen molar-refractivity contribution in [2.24, 2.45) is 0 Å². The van der Waals surface area contributed by atoms with Crippen LogP contribution >= 0.6 is 0 Å². The van der Waals surface area contributed by atoms with Crippen LogP contribution < -0.4 is 5.32 Å². The molecule has 1 saturated heterocycles. The van der Waals surface area contributed by atoms with Gasteiger partial charge in [-0.2, -0.15) is 0 Å². The van der Waals surface area contributed by atoms with Crippen molar-refractivity contribution in [1.82, 2.24) is 15.1 Å². The Morgan fingerprint density at radius 2 is 1.68 bits per heavy atom. The number of rotatable bonds is 7. The molecule has 1 N–H and O–H groups in total. The molecule has 0 aliphatic carbocycles. The van der Waals surface area contributed by atoms with E-state index in [1.165, 1.54) is 5.56 Å². The van der Waals surface area contributed by atoms with Crippen LogP contribution in [-0.2, 0) is 11.3 Å². The van der Waals surface area contributed by atoms with Crippen LogP contribution in [0.4, 0.5) is 0 Å². The lowest BCUT2D eigenvalue weighted by Gasteiger charge is -2.34. The number of carbonyl (C=O) groups is 2. The van der Waals surface area contributed by atoms with Crippen molar-refractivity contribution in [2.75, 3.05) is 46.4 Å². The lowest BCUT2D eigenvalue weighted by Crippen LogP contribution is -2.48. The lowest BCUT2D eigenvalue weighted by molar-refractivity contribution is 0.0628. The zero-order valence-corrected chi connectivity index (χ0v) is 16.3. The number of methoxy groups -OCH3 is 1. The fourth-order valence-corrected chi connectivity index (χ4v) is 3.30. The van der Waals surface area contributed by atoms with E-state index in [1.54, 1.807) is 31.4 Å². The summed E-state index contributed by atoms with van der Waals surface area (Å²) in [7, 11) is 1.59. The Morgan fingerprint density at radius 1 is 0.964 bits per heavy atom. The average Bonchev–Trinajstić information content (AvgIpc) is 2.75. The van der Waals surface area contributed by atoms with Gasteiger partial charge in [0.15, 0.2) is 0 Å². The molecule has 0 unspecified atom stereocenters. The number of carbonyl (C=O) groups excluding carboxylic acids is 2. The Hall–Kier alpha value is -2.70. The molecule has 2 aromatic rings. The van der Waals surface area contributed by atoms with Crippen LogP contribution in [-0.4, -0.2) is 68.1 Å². The van der Waals surface area contributed by atoms with Crippen molar-refractivity contribution in [1.29, 1.82) is 0 Å². The summed E-state index contributed by atoms with van der Waals surface area (Å²) < 4.78 is 4.94. The summed E-state index contributed by atoms with van der Waals surface area (Å²) in [5.74, 6) is -0.217. The van der Waals surface area contributed by atoms with Gasteiger partial charge in [-0.15, -0.1) is 0 Å². The molecule has 1 aliphatic rings. The van der Waals surface area contributed by atoms with Crippen LogP contribution in [0.3, 0.4) is 0 Å². The van der Waals surface area contributed by atoms with E-state index in [-0.39, 0.29) is 11.8 Å². The van der Waals surface area contributed by atoms with E-state index in [1.807, 2.05) is 23.1 Å². The van der Waals surface area contributed by atoms with Crippen molar-refractivity contribution in [2.45, 2.75) is 6.54 Å². The Kier molecular flexibility index (Phi) is 7.17. The SMILES string of the molecule is COCCNC(=O)c1cccc(C(=O)N2CCN(Cc3ccccc3)CC2)c1. The molecule has 2 aromatic carbocycles. The number of ether oxygens (including phenoxy) is 1. The molecule has 1 heterocycles. The normalized spacial score (nSPS) is 14.7. The first-order chi connectivity index (χ1) is 13.7. The Morgan fingerprint density at radius 3 is 2.39 bits per heavy atom. The minimum atomic E-state index is -0.195. The summed E-state index contributed by atoms with van der Waals surface area (Å²) in [6.07, 6.45) is 0. The highest BCUT2D eigenvalue weighted by Crippen LogP contribution is 2.13. The maximum absolute atomic E-state index is 12.9. The van der Waals surface area contributed by atoms with Crippen molar-refractivity contribution < 1.29 is 14.3 Å². The predicted molar refractivity (Wildman–Crippen MR) is 108 cm³/mol. The van der Waals surface area contributed by atoms with Gasteiger partial charge in [0, 0.05) is 57.5 Å². The van der Waals surface area contributed by atoms with Gasteiger partial charge in [0.2, 0.25) is 0 Å². The third kappa shape index (κ3) is 5.41. The molecule has 3 rings (SSSR count). The first-order valence-corrected chi connectivity index (χ1v) is 9.60. The molecule has 0 radical (unpaired) electrons. The summed E-state index contributed by atoms with van der Waals surface area (Å²) in [6, 6.07) is 17.3. The van der Waals surface area contributed by atoms with E-state index in [0.29, 0.717) is 37.4 Å². The van der Waals surface area contributed by atoms with E-state index in [4.69, 9.17) is 4.74 Å². The first kappa shape index (κ1) is 20.0. The molecular formula is C22H27N3O3. The summed E-state index contributed by atoms with van der Waals surface area (Å²) in [5.41, 5.74) is 2.33. The third-order valence-corrected chi connectivity index (χ3v) is 4.87. The number of nitrogens with one attached hydrogen (secondary N) is 1. The van der Waals surface area contributed by atoms with Crippen molar-refractivity contribution in [3.8, 4) is 0 Å². The van der Waals surface area contributed by atoms with Gasteiger partial charge in [-0.05, 0) is 23.8 Å². The second-order valence-electron chi connectivity index (χ2n) is 6.88. The van der Waals surface area contributed by atoms with Gasteiger partial charge >= 0.3 is 0 Å². The highest BCUT2D eigenvalue weighted by atomic mass is 16.5. The van der Waals surface area contributed by atoms with Crippen molar-refractivity contribution in [3.05, 3.63) is 71.3 Å². The molecule has 1 fully saturated rings. The first-order valence-electron chi connectivity index (χ1n) is 9.60. The van der Waals surface area contributed by atoms with E-state index >= 15 is 0 Å². The standard InChI is InChI=1S/C22H27N3O3/c1-28-15-10-23-21(26)19-8-5-9-20(16-19)22(27)25-13-11-24(12-14-25)17-18-6-3-2-4-7-18/h2-9,16H,10-15,17H2,1H3,(H,23,26). The average molecular weight is 381 g/mol. The number of hydrogen-bond donors (Lipinski definition) is 1. The van der Waals surface area contributed by atoms with E-state index in [2.05, 4.69) is 22.3 Å². The summed E-state index contributed by atoms with van der Waals surface area (Å²) >= 11 is 0. The van der Waals surface area contributed by atoms with Gasteiger partial charge in [0.05, 0.1) is 6.61 Å². The highest BCUT2D eigenvalue weighted by Gasteiger charge is 2.22. The van der Waals surface area contributed by atoms with Gasteiger partial charge in [0.25, 0.3) is 11.8 Å². The number of amides is 2. The van der Waals surface area contributed by atoms with E-state index in [9.17, 15) is 9.59 Å². The summed E-state index contributed by atoms with van der Waals surface area (Å²) in [4.78, 5) is 29.3. The van der Waals surface area contributed by atoms with Crippen LogP contribution in [0.2, 0.25) is 0 Å². The highest BCUT2D eigenvalue weighted by molar-refractivity contribution is 5.99. The van der Waals surface area contributed by atoms with E-state index < -0.39 is 0 Å². The van der Waals surface area contributed by atoms with Gasteiger partial charge in [-0.3, -0.25) is 14.5 Å². The van der Waals surface area contributed by atoms with Crippen LogP contribution in [0.1, 0.15) is 26.3 Å². The quantitative estimate of drug-likeness (QED) is 0.746. The molecule has 6 heteroatoms. The Bertz CT molecular complexity index is 787. The topological polar surface area (TPSA) is 61.9 Å². The second kappa shape index (κ2) is 10.0. The molecule has 1 aliphatic heterocycles. The van der Waals surface area contributed by atoms with Crippen LogP contribution in [0.25, 0.3) is 0 Å². The maximum Gasteiger partial charge on any atom is 0.253 e. The number of benzene rings is 2. The third-order valence-electron chi connectivity index (χ3n) is 4.87. The molecule has 0 aromatic heterocycles. The van der Waals surface area contributed by atoms with Crippen LogP contribution in [0.5, 0.6) is 0 Å². The maximum atomic E-state index is 12.9. The molecule has 28 heavy (non-hydrogen) atoms. The monoisotopic (exact) mass is 381 g/mol. The molecule has 0 bridgehead atoms. The summed E-state index contributed by atoms with van der Waals surface area (Å²) in [6.45, 7) is 4.87. The minimum absolute atomic E-state index is 0.0223. The number of hydrogen-bond acceptors (Lipinski definition) is 4. The second-order valence-corrected chi connectivity index (χ2v) is 6.88. The Balaban J connectivity index is 1.55. The number of nitrogens with zero attached hydrogens (tertiary/aromatic N) is 2. The fraction of sp³-hybridized carbons (Fsp3) is 0.364. The lowest BCUT2D eigenvalue weighted by atomic mass is 10.1. The Labute approximate surface area is 166 Å². The minimum Gasteiger partial charge on any atom is -0.383 e. The van der Waals surface area contributed by atoms with Gasteiger partial charge in [0.1, 0.15) is 0 Å². The molecule has 2 amide bonds. The van der Waals surface area contributed by atoms with Crippen molar-refractivity contribution in [3.63, 3.8) is 0 Å². The number of piperazine rings is 1.